The van der Waals surface area contributed by atoms with E-state index in [4.69, 9.17) is 21.1 Å². The Morgan fingerprint density at radius 1 is 1.17 bits per heavy atom. The number of ether oxygens (including phenoxy) is 2. The molecule has 128 valence electrons. The van der Waals surface area contributed by atoms with E-state index in [1.807, 2.05) is 19.9 Å². The zero-order valence-electron chi connectivity index (χ0n) is 13.9. The van der Waals surface area contributed by atoms with Crippen molar-refractivity contribution >= 4 is 17.5 Å². The van der Waals surface area contributed by atoms with Gasteiger partial charge in [-0.3, -0.25) is 4.79 Å². The first kappa shape index (κ1) is 18.1. The highest BCUT2D eigenvalue weighted by molar-refractivity contribution is 6.30. The van der Waals surface area contributed by atoms with Gasteiger partial charge in [0.15, 0.2) is 11.5 Å². The Balaban J connectivity index is 2.26. The van der Waals surface area contributed by atoms with Crippen molar-refractivity contribution in [2.45, 2.75) is 19.9 Å². The molecule has 6 heteroatoms. The van der Waals surface area contributed by atoms with Gasteiger partial charge >= 0.3 is 0 Å². The summed E-state index contributed by atoms with van der Waals surface area (Å²) >= 11 is 5.71. The Morgan fingerprint density at radius 2 is 1.79 bits per heavy atom. The van der Waals surface area contributed by atoms with E-state index in [1.165, 1.54) is 12.1 Å². The third-order valence-electron chi connectivity index (χ3n) is 3.76. The summed E-state index contributed by atoms with van der Waals surface area (Å²) in [6.07, 6.45) is 0. The molecule has 0 spiro atoms. The van der Waals surface area contributed by atoms with Crippen molar-refractivity contribution in [3.8, 4) is 11.5 Å². The molecule has 24 heavy (non-hydrogen) atoms. The molecule has 2 aromatic rings. The van der Waals surface area contributed by atoms with E-state index in [0.717, 1.165) is 17.2 Å². The number of amides is 1. The summed E-state index contributed by atoms with van der Waals surface area (Å²) in [5.74, 6) is 0.0139. The number of halogens is 2. The molecular weight excluding hydrogens is 333 g/mol. The van der Waals surface area contributed by atoms with Crippen molar-refractivity contribution in [3.05, 3.63) is 57.9 Å². The van der Waals surface area contributed by atoms with E-state index in [1.54, 1.807) is 20.3 Å². The zero-order valence-corrected chi connectivity index (χ0v) is 14.7. The number of nitrogens with one attached hydrogen (secondary N) is 1. The van der Waals surface area contributed by atoms with Crippen LogP contribution < -0.4 is 14.8 Å². The molecule has 0 bridgehead atoms. The smallest absolute Gasteiger partial charge is 0.254 e. The molecule has 0 aliphatic carbocycles. The van der Waals surface area contributed by atoms with Crippen LogP contribution in [0.3, 0.4) is 0 Å². The normalized spacial score (nSPS) is 11.8. The topological polar surface area (TPSA) is 47.6 Å². The molecule has 0 aromatic heterocycles. The van der Waals surface area contributed by atoms with Gasteiger partial charge < -0.3 is 14.8 Å². The minimum absolute atomic E-state index is 0.0515. The van der Waals surface area contributed by atoms with Gasteiger partial charge in [-0.15, -0.1) is 0 Å². The summed E-state index contributed by atoms with van der Waals surface area (Å²) in [6.45, 7) is 3.72. The first-order chi connectivity index (χ1) is 11.4. The lowest BCUT2D eigenvalue weighted by atomic mass is 10.0. The quantitative estimate of drug-likeness (QED) is 0.873. The molecule has 0 heterocycles. The Morgan fingerprint density at radius 3 is 2.38 bits per heavy atom. The molecule has 0 aliphatic heterocycles. The molecule has 2 rings (SSSR count). The van der Waals surface area contributed by atoms with Crippen LogP contribution in [0.15, 0.2) is 30.3 Å². The standard InChI is InChI=1S/C18H19ClFNO3/c1-10-7-16(23-3)17(24-4)9-14(10)11(2)21-18(22)13-6-5-12(19)8-15(13)20/h5-9,11H,1-4H3,(H,21,22)/t11-/m1/s1. The molecule has 4 nitrogen and oxygen atoms in total. The Labute approximate surface area is 145 Å². The van der Waals surface area contributed by atoms with Gasteiger partial charge in [0.1, 0.15) is 5.82 Å². The van der Waals surface area contributed by atoms with Crippen LogP contribution in [0.4, 0.5) is 4.39 Å². The predicted molar refractivity (Wildman–Crippen MR) is 91.6 cm³/mol. The van der Waals surface area contributed by atoms with Gasteiger partial charge in [-0.1, -0.05) is 11.6 Å². The second kappa shape index (κ2) is 7.53. The number of benzene rings is 2. The van der Waals surface area contributed by atoms with Crippen LogP contribution in [0.5, 0.6) is 11.5 Å². The molecule has 2 aromatic carbocycles. The van der Waals surface area contributed by atoms with E-state index in [0.29, 0.717) is 11.5 Å². The van der Waals surface area contributed by atoms with E-state index in [9.17, 15) is 9.18 Å². The summed E-state index contributed by atoms with van der Waals surface area (Å²) in [5.41, 5.74) is 1.73. The average Bonchev–Trinajstić information content (AvgIpc) is 2.54. The molecule has 0 aliphatic rings. The van der Waals surface area contributed by atoms with Crippen LogP contribution in [0.2, 0.25) is 5.02 Å². The molecule has 0 unspecified atom stereocenters. The van der Waals surface area contributed by atoms with E-state index < -0.39 is 11.7 Å². The second-order valence-corrected chi connectivity index (χ2v) is 5.82. The SMILES string of the molecule is COc1cc(C)c([C@@H](C)NC(=O)c2ccc(Cl)cc2F)cc1OC. The number of hydrogen-bond acceptors (Lipinski definition) is 3. The largest absolute Gasteiger partial charge is 0.493 e. The second-order valence-electron chi connectivity index (χ2n) is 5.38. The molecule has 0 saturated carbocycles. The van der Waals surface area contributed by atoms with Crippen molar-refractivity contribution in [1.82, 2.24) is 5.32 Å². The lowest BCUT2D eigenvalue weighted by Crippen LogP contribution is -2.28. The van der Waals surface area contributed by atoms with Crippen molar-refractivity contribution < 1.29 is 18.7 Å². The van der Waals surface area contributed by atoms with Crippen molar-refractivity contribution in [2.75, 3.05) is 14.2 Å². The summed E-state index contributed by atoms with van der Waals surface area (Å²) in [4.78, 5) is 12.3. The highest BCUT2D eigenvalue weighted by Crippen LogP contribution is 2.33. The number of hydrogen-bond donors (Lipinski definition) is 1. The van der Waals surface area contributed by atoms with Crippen LogP contribution in [-0.2, 0) is 0 Å². The predicted octanol–water partition coefficient (Wildman–Crippen LogP) is 4.30. The Kier molecular flexibility index (Phi) is 5.67. The summed E-state index contributed by atoms with van der Waals surface area (Å²) in [7, 11) is 3.11. The Bertz CT molecular complexity index is 764. The third kappa shape index (κ3) is 3.79. The van der Waals surface area contributed by atoms with Gasteiger partial charge in [-0.2, -0.15) is 0 Å². The molecule has 1 N–H and O–H groups in total. The minimum atomic E-state index is -0.656. The fourth-order valence-corrected chi connectivity index (χ4v) is 2.65. The summed E-state index contributed by atoms with van der Waals surface area (Å²) in [5, 5.41) is 3.03. The molecule has 0 fully saturated rings. The lowest BCUT2D eigenvalue weighted by molar-refractivity contribution is 0.0935. The zero-order chi connectivity index (χ0) is 17.9. The van der Waals surface area contributed by atoms with Crippen molar-refractivity contribution in [1.29, 1.82) is 0 Å². The average molecular weight is 352 g/mol. The van der Waals surface area contributed by atoms with Crippen LogP contribution >= 0.6 is 11.6 Å². The van der Waals surface area contributed by atoms with Crippen LogP contribution in [-0.4, -0.2) is 20.1 Å². The lowest BCUT2D eigenvalue weighted by Gasteiger charge is -2.19. The van der Waals surface area contributed by atoms with Gasteiger partial charge in [0.05, 0.1) is 25.8 Å². The minimum Gasteiger partial charge on any atom is -0.493 e. The van der Waals surface area contributed by atoms with Gasteiger partial charge in [-0.05, 0) is 55.3 Å². The highest BCUT2D eigenvalue weighted by Gasteiger charge is 2.18. The fraction of sp³-hybridized carbons (Fsp3) is 0.278. The first-order valence-electron chi connectivity index (χ1n) is 7.35. The highest BCUT2D eigenvalue weighted by atomic mass is 35.5. The van der Waals surface area contributed by atoms with Gasteiger partial charge in [0.2, 0.25) is 0 Å². The number of carbonyl (C=O) groups excluding carboxylic acids is 1. The monoisotopic (exact) mass is 351 g/mol. The van der Waals surface area contributed by atoms with Crippen LogP contribution in [0, 0.1) is 12.7 Å². The first-order valence-corrected chi connectivity index (χ1v) is 7.73. The number of carbonyl (C=O) groups is 1. The van der Waals surface area contributed by atoms with Crippen LogP contribution in [0.25, 0.3) is 0 Å². The van der Waals surface area contributed by atoms with E-state index in [-0.39, 0.29) is 16.6 Å². The van der Waals surface area contributed by atoms with Crippen molar-refractivity contribution in [3.63, 3.8) is 0 Å². The maximum Gasteiger partial charge on any atom is 0.254 e. The number of methoxy groups -OCH3 is 2. The fourth-order valence-electron chi connectivity index (χ4n) is 2.49. The van der Waals surface area contributed by atoms with Crippen LogP contribution in [0.1, 0.15) is 34.5 Å². The molecule has 1 amide bonds. The van der Waals surface area contributed by atoms with Crippen molar-refractivity contribution in [2.24, 2.45) is 0 Å². The number of aryl methyl sites for hydroxylation is 1. The van der Waals surface area contributed by atoms with E-state index >= 15 is 0 Å². The third-order valence-corrected chi connectivity index (χ3v) is 4.00. The number of rotatable bonds is 5. The summed E-state index contributed by atoms with van der Waals surface area (Å²) < 4.78 is 24.4. The van der Waals surface area contributed by atoms with Gasteiger partial charge in [0, 0.05) is 5.02 Å². The summed E-state index contributed by atoms with van der Waals surface area (Å²) in [6, 6.07) is 7.25. The molecule has 0 radical (unpaired) electrons. The maximum absolute atomic E-state index is 13.9. The molecule has 1 atom stereocenters. The van der Waals surface area contributed by atoms with Gasteiger partial charge in [0.25, 0.3) is 5.91 Å². The molecular formula is C18H19ClFNO3. The maximum atomic E-state index is 13.9. The van der Waals surface area contributed by atoms with Gasteiger partial charge in [-0.25, -0.2) is 4.39 Å². The van der Waals surface area contributed by atoms with E-state index in [2.05, 4.69) is 5.32 Å². The molecule has 0 saturated heterocycles. The Hall–Kier alpha value is -2.27.